The number of benzene rings is 3. The van der Waals surface area contributed by atoms with Crippen LogP contribution >= 0.6 is 0 Å². The zero-order valence-corrected chi connectivity index (χ0v) is 16.1. The van der Waals surface area contributed by atoms with E-state index in [0.29, 0.717) is 16.8 Å². The minimum Gasteiger partial charge on any atom is -0.481 e. The number of sulfonamides is 1. The summed E-state index contributed by atoms with van der Waals surface area (Å²) in [5.41, 5.74) is 3.07. The van der Waals surface area contributed by atoms with Crippen molar-refractivity contribution in [1.29, 1.82) is 0 Å². The Labute approximate surface area is 164 Å². The van der Waals surface area contributed by atoms with Crippen LogP contribution in [0.15, 0.2) is 65.6 Å². The molecule has 144 valence electrons. The maximum atomic E-state index is 12.9. The summed E-state index contributed by atoms with van der Waals surface area (Å²) < 4.78 is 28.5. The first-order chi connectivity index (χ1) is 13.4. The van der Waals surface area contributed by atoms with Gasteiger partial charge in [0.2, 0.25) is 10.0 Å². The molecule has 0 saturated carbocycles. The molecular weight excluding hydrogens is 374 g/mol. The quantitative estimate of drug-likeness (QED) is 0.672. The van der Waals surface area contributed by atoms with Crippen LogP contribution in [0.2, 0.25) is 0 Å². The van der Waals surface area contributed by atoms with E-state index in [9.17, 15) is 13.2 Å². The van der Waals surface area contributed by atoms with Gasteiger partial charge in [-0.1, -0.05) is 54.6 Å². The third kappa shape index (κ3) is 3.79. The summed E-state index contributed by atoms with van der Waals surface area (Å²) in [5.74, 6) is -0.683. The lowest BCUT2D eigenvalue weighted by Gasteiger charge is -2.13. The molecule has 0 aromatic heterocycles. The van der Waals surface area contributed by atoms with Crippen molar-refractivity contribution in [3.8, 4) is 0 Å². The maximum Gasteiger partial charge on any atom is 0.307 e. The molecule has 0 fully saturated rings. The molecule has 4 rings (SSSR count). The molecule has 1 unspecified atom stereocenters. The highest BCUT2D eigenvalue weighted by atomic mass is 32.2. The van der Waals surface area contributed by atoms with Gasteiger partial charge < -0.3 is 5.11 Å². The van der Waals surface area contributed by atoms with Crippen LogP contribution in [0.25, 0.3) is 10.8 Å². The van der Waals surface area contributed by atoms with E-state index in [4.69, 9.17) is 5.11 Å². The lowest BCUT2D eigenvalue weighted by Crippen LogP contribution is -2.29. The second kappa shape index (κ2) is 7.37. The minimum absolute atomic E-state index is 0.00561. The normalized spacial score (nSPS) is 16.2. The van der Waals surface area contributed by atoms with Crippen LogP contribution in [-0.2, 0) is 34.1 Å². The molecule has 1 aliphatic rings. The first kappa shape index (κ1) is 18.7. The number of fused-ring (bicyclic) bond motifs is 2. The summed E-state index contributed by atoms with van der Waals surface area (Å²) in [4.78, 5) is 11.2. The van der Waals surface area contributed by atoms with Gasteiger partial charge in [0.25, 0.3) is 0 Å². The average molecular weight is 395 g/mol. The number of carbonyl (C=O) groups is 1. The third-order valence-corrected chi connectivity index (χ3v) is 6.73. The molecule has 0 radical (unpaired) electrons. The summed E-state index contributed by atoms with van der Waals surface area (Å²) in [6, 6.07) is 18.5. The van der Waals surface area contributed by atoms with E-state index in [1.54, 1.807) is 12.1 Å². The van der Waals surface area contributed by atoms with Crippen molar-refractivity contribution in [3.05, 3.63) is 77.4 Å². The average Bonchev–Trinajstić information content (AvgIpc) is 3.08. The number of rotatable bonds is 6. The van der Waals surface area contributed by atoms with Gasteiger partial charge in [-0.2, -0.15) is 0 Å². The Morgan fingerprint density at radius 2 is 1.75 bits per heavy atom. The lowest BCUT2D eigenvalue weighted by atomic mass is 10.0. The second-order valence-electron chi connectivity index (χ2n) is 7.28. The van der Waals surface area contributed by atoms with E-state index in [0.717, 1.165) is 29.4 Å². The van der Waals surface area contributed by atoms with Gasteiger partial charge in [-0.25, -0.2) is 13.1 Å². The zero-order valence-electron chi connectivity index (χ0n) is 15.3. The molecule has 3 aromatic carbocycles. The van der Waals surface area contributed by atoms with Crippen molar-refractivity contribution in [2.45, 2.75) is 24.2 Å². The van der Waals surface area contributed by atoms with E-state index in [2.05, 4.69) is 4.72 Å². The van der Waals surface area contributed by atoms with E-state index in [1.165, 1.54) is 5.56 Å². The Morgan fingerprint density at radius 3 is 2.57 bits per heavy atom. The second-order valence-corrected chi connectivity index (χ2v) is 9.01. The Morgan fingerprint density at radius 1 is 1.00 bits per heavy atom. The van der Waals surface area contributed by atoms with Crippen molar-refractivity contribution in [2.24, 2.45) is 5.92 Å². The summed E-state index contributed by atoms with van der Waals surface area (Å²) in [6.45, 7) is 0.356. The highest BCUT2D eigenvalue weighted by Crippen LogP contribution is 2.28. The molecule has 0 amide bonds. The summed E-state index contributed by atoms with van der Waals surface area (Å²) in [7, 11) is -3.61. The molecule has 0 aliphatic heterocycles. The molecule has 0 saturated heterocycles. The molecule has 0 heterocycles. The molecule has 1 aliphatic carbocycles. The van der Waals surface area contributed by atoms with Crippen LogP contribution in [-0.4, -0.2) is 26.0 Å². The first-order valence-electron chi connectivity index (χ1n) is 9.22. The van der Waals surface area contributed by atoms with Gasteiger partial charge in [-0.3, -0.25) is 4.79 Å². The van der Waals surface area contributed by atoms with Gasteiger partial charge in [-0.05, 0) is 46.9 Å². The van der Waals surface area contributed by atoms with Crippen molar-refractivity contribution in [2.75, 3.05) is 6.54 Å². The monoisotopic (exact) mass is 395 g/mol. The number of aliphatic carboxylic acids is 1. The Kier molecular flexibility index (Phi) is 4.91. The van der Waals surface area contributed by atoms with Crippen LogP contribution in [0.1, 0.15) is 16.7 Å². The minimum atomic E-state index is -3.61. The van der Waals surface area contributed by atoms with Crippen molar-refractivity contribution >= 4 is 26.8 Å². The zero-order chi connectivity index (χ0) is 19.7. The molecule has 5 nitrogen and oxygen atoms in total. The van der Waals surface area contributed by atoms with E-state index in [1.807, 2.05) is 48.5 Å². The number of nitrogens with one attached hydrogen (secondary N) is 1. The van der Waals surface area contributed by atoms with E-state index >= 15 is 0 Å². The van der Waals surface area contributed by atoms with Gasteiger partial charge in [0.15, 0.2) is 0 Å². The first-order valence-corrected chi connectivity index (χ1v) is 10.7. The van der Waals surface area contributed by atoms with Gasteiger partial charge in [-0.15, -0.1) is 0 Å². The lowest BCUT2D eigenvalue weighted by molar-refractivity contribution is -0.136. The standard InChI is InChI=1S/C22H21NO4S/c24-22(25)13-15-8-9-18-11-16(12-19(18)10-15)14-23-28(26,27)21-7-3-5-17-4-1-2-6-20(17)21/h1-10,16,23H,11-14H2,(H,24,25). The van der Waals surface area contributed by atoms with Crippen LogP contribution in [0.5, 0.6) is 0 Å². The fraction of sp³-hybridized carbons (Fsp3) is 0.227. The van der Waals surface area contributed by atoms with Crippen LogP contribution in [0.4, 0.5) is 0 Å². The smallest absolute Gasteiger partial charge is 0.307 e. The van der Waals surface area contributed by atoms with Gasteiger partial charge in [0.05, 0.1) is 11.3 Å². The SMILES string of the molecule is O=C(O)Cc1ccc2c(c1)CC(CNS(=O)(=O)c1cccc3ccccc13)C2. The molecule has 3 aromatic rings. The molecular formula is C22H21NO4S. The largest absolute Gasteiger partial charge is 0.481 e. The molecule has 28 heavy (non-hydrogen) atoms. The predicted octanol–water partition coefficient (Wildman–Crippen LogP) is 3.16. The molecule has 6 heteroatoms. The topological polar surface area (TPSA) is 83.5 Å². The number of carboxylic acids is 1. The molecule has 1 atom stereocenters. The fourth-order valence-corrected chi connectivity index (χ4v) is 5.27. The van der Waals surface area contributed by atoms with Crippen molar-refractivity contribution in [3.63, 3.8) is 0 Å². The number of hydrogen-bond acceptors (Lipinski definition) is 3. The Hall–Kier alpha value is -2.70. The predicted molar refractivity (Wildman–Crippen MR) is 108 cm³/mol. The summed E-state index contributed by atoms with van der Waals surface area (Å²) >= 11 is 0. The molecule has 0 bridgehead atoms. The highest BCUT2D eigenvalue weighted by Gasteiger charge is 2.25. The fourth-order valence-electron chi connectivity index (χ4n) is 3.93. The maximum absolute atomic E-state index is 12.9. The van der Waals surface area contributed by atoms with Gasteiger partial charge >= 0.3 is 5.97 Å². The summed E-state index contributed by atoms with van der Waals surface area (Å²) in [6.07, 6.45) is 1.55. The third-order valence-electron chi connectivity index (χ3n) is 5.24. The van der Waals surface area contributed by atoms with Gasteiger partial charge in [0, 0.05) is 11.9 Å². The molecule has 2 N–H and O–H groups in total. The van der Waals surface area contributed by atoms with E-state index in [-0.39, 0.29) is 12.3 Å². The Bertz CT molecular complexity index is 1150. The van der Waals surface area contributed by atoms with Crippen LogP contribution in [0, 0.1) is 5.92 Å². The van der Waals surface area contributed by atoms with E-state index < -0.39 is 16.0 Å². The Balaban J connectivity index is 1.47. The van der Waals surface area contributed by atoms with Crippen LogP contribution in [0.3, 0.4) is 0 Å². The number of hydrogen-bond donors (Lipinski definition) is 2. The van der Waals surface area contributed by atoms with Crippen molar-refractivity contribution in [1.82, 2.24) is 4.72 Å². The highest BCUT2D eigenvalue weighted by molar-refractivity contribution is 7.89. The number of carboxylic acid groups (broad SMARTS) is 1. The molecule has 0 spiro atoms. The summed E-state index contributed by atoms with van der Waals surface area (Å²) in [5, 5.41) is 10.6. The van der Waals surface area contributed by atoms with Crippen molar-refractivity contribution < 1.29 is 18.3 Å². The van der Waals surface area contributed by atoms with Gasteiger partial charge in [0.1, 0.15) is 0 Å². The van der Waals surface area contributed by atoms with Crippen LogP contribution < -0.4 is 4.72 Å².